The van der Waals surface area contributed by atoms with Gasteiger partial charge in [-0.2, -0.15) is 5.10 Å². The van der Waals surface area contributed by atoms with E-state index < -0.39 is 0 Å². The van der Waals surface area contributed by atoms with Crippen LogP contribution in [-0.2, 0) is 24.3 Å². The normalized spacial score (nSPS) is 14.6. The number of hydrogen-bond acceptors (Lipinski definition) is 3. The van der Waals surface area contributed by atoms with Gasteiger partial charge in [-0.3, -0.25) is 9.89 Å². The molecule has 0 saturated carbocycles. The van der Waals surface area contributed by atoms with Gasteiger partial charge in [-0.1, -0.05) is 0 Å². The lowest BCUT2D eigenvalue weighted by Crippen LogP contribution is -2.38. The monoisotopic (exact) mass is 245 g/mol. The number of hydrogen-bond donors (Lipinski definition) is 1. The van der Waals surface area contributed by atoms with Crippen LogP contribution in [0.1, 0.15) is 17.3 Å². The Labute approximate surface area is 105 Å². The van der Waals surface area contributed by atoms with Gasteiger partial charge in [-0.15, -0.1) is 0 Å². The number of amides is 1. The topological polar surface area (TPSA) is 66.8 Å². The summed E-state index contributed by atoms with van der Waals surface area (Å²) in [5.41, 5.74) is 1.18. The minimum atomic E-state index is 0.0847. The molecular weight excluding hydrogens is 230 g/mol. The predicted molar refractivity (Wildman–Crippen MR) is 64.7 cm³/mol. The molecule has 0 fully saturated rings. The summed E-state index contributed by atoms with van der Waals surface area (Å²) in [6.07, 6.45) is 2.32. The number of nitrogens with zero attached hydrogens (tertiary/aromatic N) is 4. The Morgan fingerprint density at radius 1 is 1.50 bits per heavy atom. The summed E-state index contributed by atoms with van der Waals surface area (Å²) in [6, 6.07) is 4.07. The van der Waals surface area contributed by atoms with Crippen molar-refractivity contribution in [2.75, 3.05) is 6.54 Å². The molecule has 2 aromatic rings. The molecule has 0 unspecified atom stereocenters. The van der Waals surface area contributed by atoms with Crippen LogP contribution in [0.5, 0.6) is 0 Å². The summed E-state index contributed by atoms with van der Waals surface area (Å²) < 4.78 is 2.18. The number of carbonyl (C=O) groups excluding carboxylic acids is 1. The van der Waals surface area contributed by atoms with Gasteiger partial charge in [0.25, 0.3) is 0 Å². The average molecular weight is 245 g/mol. The Balaban J connectivity index is 1.67. The van der Waals surface area contributed by atoms with Gasteiger partial charge >= 0.3 is 0 Å². The summed E-state index contributed by atoms with van der Waals surface area (Å²) in [5, 5.41) is 6.75. The van der Waals surface area contributed by atoms with Crippen LogP contribution in [0.15, 0.2) is 18.3 Å². The van der Waals surface area contributed by atoms with Crippen molar-refractivity contribution in [3.63, 3.8) is 0 Å². The van der Waals surface area contributed by atoms with Gasteiger partial charge < -0.3 is 9.47 Å². The number of nitrogens with one attached hydrogen (secondary N) is 1. The van der Waals surface area contributed by atoms with E-state index in [9.17, 15) is 4.79 Å². The fourth-order valence-corrected chi connectivity index (χ4v) is 2.24. The minimum Gasteiger partial charge on any atom is -0.348 e. The number of carbonyl (C=O) groups is 1. The van der Waals surface area contributed by atoms with Crippen LogP contribution in [0.2, 0.25) is 0 Å². The molecule has 0 aliphatic carbocycles. The summed E-state index contributed by atoms with van der Waals surface area (Å²) in [4.78, 5) is 18.2. The summed E-state index contributed by atoms with van der Waals surface area (Å²) in [7, 11) is 0. The van der Waals surface area contributed by atoms with Gasteiger partial charge in [0, 0.05) is 25.0 Å². The number of fused-ring (bicyclic) bond motifs is 1. The molecule has 0 radical (unpaired) electrons. The van der Waals surface area contributed by atoms with Crippen LogP contribution in [0.4, 0.5) is 0 Å². The molecule has 0 bridgehead atoms. The second-order valence-electron chi connectivity index (χ2n) is 4.52. The van der Waals surface area contributed by atoms with Crippen molar-refractivity contribution in [3.8, 4) is 0 Å². The highest BCUT2D eigenvalue weighted by atomic mass is 16.2. The summed E-state index contributed by atoms with van der Waals surface area (Å²) in [5.74, 6) is 1.39. The van der Waals surface area contributed by atoms with Gasteiger partial charge in [-0.05, 0) is 19.1 Å². The third-order valence-corrected chi connectivity index (χ3v) is 3.19. The third-order valence-electron chi connectivity index (χ3n) is 3.19. The molecule has 0 aromatic carbocycles. The molecule has 0 saturated heterocycles. The highest BCUT2D eigenvalue weighted by Gasteiger charge is 2.21. The van der Waals surface area contributed by atoms with E-state index >= 15 is 0 Å². The van der Waals surface area contributed by atoms with Crippen molar-refractivity contribution in [2.45, 2.75) is 26.4 Å². The van der Waals surface area contributed by atoms with Crippen LogP contribution >= 0.6 is 0 Å². The van der Waals surface area contributed by atoms with Gasteiger partial charge in [0.05, 0.1) is 13.0 Å². The maximum Gasteiger partial charge on any atom is 0.230 e. The molecule has 0 spiro atoms. The average Bonchev–Trinajstić information content (AvgIpc) is 2.96. The van der Waals surface area contributed by atoms with Gasteiger partial charge in [-0.25, -0.2) is 4.98 Å². The number of aromatic amines is 1. The van der Waals surface area contributed by atoms with Crippen molar-refractivity contribution in [3.05, 3.63) is 35.7 Å². The largest absolute Gasteiger partial charge is 0.348 e. The van der Waals surface area contributed by atoms with Crippen molar-refractivity contribution < 1.29 is 4.79 Å². The Hall–Kier alpha value is -2.11. The van der Waals surface area contributed by atoms with Crippen molar-refractivity contribution >= 4 is 5.91 Å². The quantitative estimate of drug-likeness (QED) is 0.837. The van der Waals surface area contributed by atoms with E-state index in [-0.39, 0.29) is 12.3 Å². The molecule has 1 aliphatic rings. The number of H-pyrrole nitrogens is 1. The minimum absolute atomic E-state index is 0.0847. The number of aryl methyl sites for hydroxylation is 1. The Kier molecular flexibility index (Phi) is 2.62. The zero-order chi connectivity index (χ0) is 12.5. The molecule has 3 rings (SSSR count). The first-order valence-electron chi connectivity index (χ1n) is 6.02. The summed E-state index contributed by atoms with van der Waals surface area (Å²) >= 11 is 0. The SMILES string of the molecule is Cc1nc(CC(=O)N2CCn3cccc3C2)n[nH]1. The van der Waals surface area contributed by atoms with Crippen LogP contribution in [0.3, 0.4) is 0 Å². The molecule has 0 atom stereocenters. The smallest absolute Gasteiger partial charge is 0.230 e. The zero-order valence-corrected chi connectivity index (χ0v) is 10.3. The lowest BCUT2D eigenvalue weighted by molar-refractivity contribution is -0.132. The Morgan fingerprint density at radius 2 is 2.39 bits per heavy atom. The zero-order valence-electron chi connectivity index (χ0n) is 10.3. The van der Waals surface area contributed by atoms with Crippen molar-refractivity contribution in [2.24, 2.45) is 0 Å². The number of aromatic nitrogens is 4. The van der Waals surface area contributed by atoms with Crippen molar-refractivity contribution in [1.82, 2.24) is 24.6 Å². The highest BCUT2D eigenvalue weighted by Crippen LogP contribution is 2.13. The van der Waals surface area contributed by atoms with Crippen LogP contribution in [0.25, 0.3) is 0 Å². The van der Waals surface area contributed by atoms with E-state index in [2.05, 4.69) is 32.0 Å². The van der Waals surface area contributed by atoms with E-state index in [0.29, 0.717) is 12.4 Å². The second-order valence-corrected chi connectivity index (χ2v) is 4.52. The first-order valence-corrected chi connectivity index (χ1v) is 6.02. The van der Waals surface area contributed by atoms with Crippen LogP contribution in [-0.4, -0.2) is 37.1 Å². The molecule has 6 heteroatoms. The maximum atomic E-state index is 12.1. The van der Waals surface area contributed by atoms with E-state index in [1.807, 2.05) is 17.9 Å². The first kappa shape index (κ1) is 11.0. The Morgan fingerprint density at radius 3 is 3.17 bits per heavy atom. The Bertz CT molecular complexity index is 571. The first-order chi connectivity index (χ1) is 8.72. The molecule has 94 valence electrons. The van der Waals surface area contributed by atoms with Gasteiger partial charge in [0.1, 0.15) is 5.82 Å². The van der Waals surface area contributed by atoms with E-state index in [4.69, 9.17) is 0 Å². The van der Waals surface area contributed by atoms with Crippen molar-refractivity contribution in [1.29, 1.82) is 0 Å². The molecule has 6 nitrogen and oxygen atoms in total. The van der Waals surface area contributed by atoms with Crippen LogP contribution in [0, 0.1) is 6.92 Å². The number of rotatable bonds is 2. The molecular formula is C12H15N5O. The molecule has 1 N–H and O–H groups in total. The highest BCUT2D eigenvalue weighted by molar-refractivity contribution is 5.78. The van der Waals surface area contributed by atoms with Gasteiger partial charge in [0.2, 0.25) is 5.91 Å². The molecule has 3 heterocycles. The van der Waals surface area contributed by atoms with E-state index in [1.165, 1.54) is 5.69 Å². The third kappa shape index (κ3) is 2.01. The predicted octanol–water partition coefficient (Wildman–Crippen LogP) is 0.500. The molecule has 18 heavy (non-hydrogen) atoms. The van der Waals surface area contributed by atoms with Gasteiger partial charge in [0.15, 0.2) is 5.82 Å². The van der Waals surface area contributed by atoms with E-state index in [1.54, 1.807) is 0 Å². The lowest BCUT2D eigenvalue weighted by Gasteiger charge is -2.28. The molecule has 1 amide bonds. The lowest BCUT2D eigenvalue weighted by atomic mass is 10.2. The maximum absolute atomic E-state index is 12.1. The molecule has 1 aliphatic heterocycles. The summed E-state index contributed by atoms with van der Waals surface area (Å²) in [6.45, 7) is 4.12. The van der Waals surface area contributed by atoms with Crippen LogP contribution < -0.4 is 0 Å². The standard InChI is InChI=1S/C12H15N5O/c1-9-13-11(15-14-9)7-12(18)17-6-5-16-4-2-3-10(16)8-17/h2-4H,5-8H2,1H3,(H,13,14,15). The fraction of sp³-hybridized carbons (Fsp3) is 0.417. The molecule has 2 aromatic heterocycles. The fourth-order valence-electron chi connectivity index (χ4n) is 2.24. The second kappa shape index (κ2) is 4.29. The van der Waals surface area contributed by atoms with E-state index in [0.717, 1.165) is 18.9 Å².